The largest absolute Gasteiger partial charge is 0.398 e. The molecule has 0 aromatic carbocycles. The highest BCUT2D eigenvalue weighted by molar-refractivity contribution is 7.07. The third-order valence-electron chi connectivity index (χ3n) is 2.82. The van der Waals surface area contributed by atoms with Crippen LogP contribution in [0.25, 0.3) is 0 Å². The number of amides is 1. The second kappa shape index (κ2) is 5.84. The van der Waals surface area contributed by atoms with Crippen molar-refractivity contribution >= 4 is 22.9 Å². The van der Waals surface area contributed by atoms with Gasteiger partial charge in [-0.2, -0.15) is 11.3 Å². The van der Waals surface area contributed by atoms with Crippen molar-refractivity contribution in [1.29, 1.82) is 0 Å². The maximum absolute atomic E-state index is 12.1. The van der Waals surface area contributed by atoms with Gasteiger partial charge in [0.15, 0.2) is 0 Å². The molecule has 5 heteroatoms. The van der Waals surface area contributed by atoms with Crippen LogP contribution in [0.1, 0.15) is 28.5 Å². The molecule has 3 N–H and O–H groups in total. The van der Waals surface area contributed by atoms with Crippen molar-refractivity contribution in [2.75, 3.05) is 5.73 Å². The zero-order chi connectivity index (χ0) is 13.8. The molecule has 2 aromatic rings. The Balaban J connectivity index is 2.00. The molecule has 4 nitrogen and oxygen atoms in total. The Morgan fingerprint density at radius 1 is 1.58 bits per heavy atom. The third kappa shape index (κ3) is 3.54. The number of hydrogen-bond acceptors (Lipinski definition) is 4. The summed E-state index contributed by atoms with van der Waals surface area (Å²) in [5.41, 5.74) is 8.77. The average Bonchev–Trinajstić information content (AvgIpc) is 2.81. The predicted molar refractivity (Wildman–Crippen MR) is 78.3 cm³/mol. The molecule has 100 valence electrons. The quantitative estimate of drug-likeness (QED) is 0.900. The lowest BCUT2D eigenvalue weighted by molar-refractivity contribution is 0.0940. The summed E-state index contributed by atoms with van der Waals surface area (Å²) in [6.07, 6.45) is 2.34. The minimum atomic E-state index is -0.173. The number of aryl methyl sites for hydroxylation is 1. The van der Waals surface area contributed by atoms with Crippen LogP contribution in [-0.4, -0.2) is 16.9 Å². The lowest BCUT2D eigenvalue weighted by Gasteiger charge is -2.14. The van der Waals surface area contributed by atoms with Crippen LogP contribution in [0.4, 0.5) is 5.69 Å². The van der Waals surface area contributed by atoms with E-state index in [0.717, 1.165) is 12.1 Å². The van der Waals surface area contributed by atoms with Crippen LogP contribution in [-0.2, 0) is 6.42 Å². The number of nitrogen functional groups attached to an aromatic ring is 1. The van der Waals surface area contributed by atoms with Crippen LogP contribution in [0, 0.1) is 6.92 Å². The molecule has 19 heavy (non-hydrogen) atoms. The summed E-state index contributed by atoms with van der Waals surface area (Å²) in [5, 5.41) is 7.06. The van der Waals surface area contributed by atoms with Gasteiger partial charge in [0.2, 0.25) is 0 Å². The number of carbonyl (C=O) groups is 1. The fraction of sp³-hybridized carbons (Fsp3) is 0.286. The van der Waals surface area contributed by atoms with Crippen molar-refractivity contribution in [3.05, 3.63) is 45.9 Å². The average molecular weight is 275 g/mol. The number of nitrogens with two attached hydrogens (primary N) is 1. The van der Waals surface area contributed by atoms with E-state index in [4.69, 9.17) is 5.73 Å². The minimum absolute atomic E-state index is 0.0582. The van der Waals surface area contributed by atoms with Gasteiger partial charge in [0.1, 0.15) is 0 Å². The van der Waals surface area contributed by atoms with Gasteiger partial charge in [-0.25, -0.2) is 0 Å². The fourth-order valence-electron chi connectivity index (χ4n) is 1.89. The molecular weight excluding hydrogens is 258 g/mol. The van der Waals surface area contributed by atoms with Crippen molar-refractivity contribution in [1.82, 2.24) is 10.3 Å². The Morgan fingerprint density at radius 3 is 3.00 bits per heavy atom. The second-order valence-electron chi connectivity index (χ2n) is 4.62. The molecule has 2 rings (SSSR count). The molecule has 0 saturated carbocycles. The fourth-order valence-corrected chi connectivity index (χ4v) is 2.57. The van der Waals surface area contributed by atoms with Crippen molar-refractivity contribution < 1.29 is 4.79 Å². The molecule has 0 radical (unpaired) electrons. The van der Waals surface area contributed by atoms with Gasteiger partial charge >= 0.3 is 0 Å². The van der Waals surface area contributed by atoms with E-state index in [1.807, 2.05) is 19.2 Å². The van der Waals surface area contributed by atoms with Crippen molar-refractivity contribution in [2.24, 2.45) is 0 Å². The molecule has 1 atom stereocenters. The SMILES string of the molecule is Cc1cc(N)c(C(=O)NC(C)Cc2ccsc2)cn1. The van der Waals surface area contributed by atoms with Crippen LogP contribution in [0.3, 0.4) is 0 Å². The Morgan fingerprint density at radius 2 is 2.37 bits per heavy atom. The summed E-state index contributed by atoms with van der Waals surface area (Å²) in [6.45, 7) is 3.82. The lowest BCUT2D eigenvalue weighted by Crippen LogP contribution is -2.34. The molecule has 0 bridgehead atoms. The van der Waals surface area contributed by atoms with Crippen molar-refractivity contribution in [3.8, 4) is 0 Å². The van der Waals surface area contributed by atoms with Crippen LogP contribution in [0.5, 0.6) is 0 Å². The first-order valence-electron chi connectivity index (χ1n) is 6.10. The van der Waals surface area contributed by atoms with Crippen LogP contribution in [0.15, 0.2) is 29.1 Å². The van der Waals surface area contributed by atoms with Gasteiger partial charge in [-0.05, 0) is 48.7 Å². The monoisotopic (exact) mass is 275 g/mol. The smallest absolute Gasteiger partial charge is 0.255 e. The Kier molecular flexibility index (Phi) is 4.16. The van der Waals surface area contributed by atoms with E-state index in [1.54, 1.807) is 17.4 Å². The van der Waals surface area contributed by atoms with Crippen molar-refractivity contribution in [3.63, 3.8) is 0 Å². The highest BCUT2D eigenvalue weighted by atomic mass is 32.1. The molecule has 0 spiro atoms. The van der Waals surface area contributed by atoms with Crippen LogP contribution < -0.4 is 11.1 Å². The van der Waals surface area contributed by atoms with E-state index in [0.29, 0.717) is 11.3 Å². The summed E-state index contributed by atoms with van der Waals surface area (Å²) in [4.78, 5) is 16.2. The van der Waals surface area contributed by atoms with Gasteiger partial charge in [0.25, 0.3) is 5.91 Å². The Labute approximate surface area is 116 Å². The number of hydrogen-bond donors (Lipinski definition) is 2. The third-order valence-corrected chi connectivity index (χ3v) is 3.55. The van der Waals surface area contributed by atoms with E-state index in [1.165, 1.54) is 11.8 Å². The first kappa shape index (κ1) is 13.5. The van der Waals surface area contributed by atoms with Gasteiger partial charge in [0, 0.05) is 23.6 Å². The van der Waals surface area contributed by atoms with E-state index < -0.39 is 0 Å². The summed E-state index contributed by atoms with van der Waals surface area (Å²) < 4.78 is 0. The number of aromatic nitrogens is 1. The maximum atomic E-state index is 12.1. The van der Waals surface area contributed by atoms with E-state index >= 15 is 0 Å². The topological polar surface area (TPSA) is 68.0 Å². The van der Waals surface area contributed by atoms with Gasteiger partial charge in [-0.1, -0.05) is 0 Å². The number of nitrogens with one attached hydrogen (secondary N) is 1. The van der Waals surface area contributed by atoms with Crippen LogP contribution in [0.2, 0.25) is 0 Å². The van der Waals surface area contributed by atoms with Crippen LogP contribution >= 0.6 is 11.3 Å². The molecule has 0 aliphatic rings. The number of thiophene rings is 1. The van der Waals surface area contributed by atoms with Gasteiger partial charge < -0.3 is 11.1 Å². The first-order valence-corrected chi connectivity index (χ1v) is 7.04. The minimum Gasteiger partial charge on any atom is -0.398 e. The molecule has 0 saturated heterocycles. The molecule has 2 heterocycles. The normalized spacial score (nSPS) is 12.1. The summed E-state index contributed by atoms with van der Waals surface area (Å²) in [5.74, 6) is -0.173. The summed E-state index contributed by atoms with van der Waals surface area (Å²) in [6, 6.07) is 3.83. The number of nitrogens with zero attached hydrogens (tertiary/aromatic N) is 1. The van der Waals surface area contributed by atoms with E-state index in [9.17, 15) is 4.79 Å². The second-order valence-corrected chi connectivity index (χ2v) is 5.40. The van der Waals surface area contributed by atoms with Gasteiger partial charge in [0.05, 0.1) is 5.56 Å². The molecule has 1 unspecified atom stereocenters. The first-order chi connectivity index (χ1) is 9.06. The zero-order valence-corrected chi connectivity index (χ0v) is 11.8. The number of carbonyl (C=O) groups excluding carboxylic acids is 1. The number of rotatable bonds is 4. The Hall–Kier alpha value is -1.88. The molecule has 0 aliphatic carbocycles. The maximum Gasteiger partial charge on any atom is 0.255 e. The lowest BCUT2D eigenvalue weighted by atomic mass is 10.1. The highest BCUT2D eigenvalue weighted by Crippen LogP contribution is 2.12. The Bertz CT molecular complexity index is 566. The predicted octanol–water partition coefficient (Wildman–Crippen LogP) is 2.39. The molecule has 2 aromatic heterocycles. The molecule has 0 aliphatic heterocycles. The summed E-state index contributed by atoms with van der Waals surface area (Å²) in [7, 11) is 0. The molecule has 1 amide bonds. The van der Waals surface area contributed by atoms with E-state index in [-0.39, 0.29) is 11.9 Å². The highest BCUT2D eigenvalue weighted by Gasteiger charge is 2.13. The van der Waals surface area contributed by atoms with Gasteiger partial charge in [-0.15, -0.1) is 0 Å². The van der Waals surface area contributed by atoms with E-state index in [2.05, 4.69) is 21.7 Å². The van der Waals surface area contributed by atoms with Gasteiger partial charge in [-0.3, -0.25) is 9.78 Å². The number of pyridine rings is 1. The van der Waals surface area contributed by atoms with Crippen molar-refractivity contribution in [2.45, 2.75) is 26.3 Å². The molecule has 0 fully saturated rings. The number of anilines is 1. The standard InChI is InChI=1S/C14H17N3OS/c1-9-6-13(15)12(7-16-9)14(18)17-10(2)5-11-3-4-19-8-11/h3-4,6-8,10H,5H2,1-2H3,(H2,15,16)(H,17,18). The zero-order valence-electron chi connectivity index (χ0n) is 11.0. The molecular formula is C14H17N3OS. The summed E-state index contributed by atoms with van der Waals surface area (Å²) >= 11 is 1.66.